The zero-order valence-electron chi connectivity index (χ0n) is 9.11. The number of nitrogens with zero attached hydrogens (tertiary/aromatic N) is 1. The third kappa shape index (κ3) is 2.90. The van der Waals surface area contributed by atoms with Gasteiger partial charge in [0.2, 0.25) is 0 Å². The highest BCUT2D eigenvalue weighted by Gasteiger charge is 2.42. The van der Waals surface area contributed by atoms with Gasteiger partial charge in [0.05, 0.1) is 19.8 Å². The minimum absolute atomic E-state index is 0.0101. The van der Waals surface area contributed by atoms with Crippen LogP contribution in [0.2, 0.25) is 0 Å². The molecule has 0 spiro atoms. The highest BCUT2D eigenvalue weighted by Crippen LogP contribution is 2.28. The Morgan fingerprint density at radius 3 is 2.87 bits per heavy atom. The van der Waals surface area contributed by atoms with Crippen LogP contribution in [0.15, 0.2) is 0 Å². The summed E-state index contributed by atoms with van der Waals surface area (Å²) in [7, 11) is 0. The first-order valence-corrected chi connectivity index (χ1v) is 5.28. The van der Waals surface area contributed by atoms with E-state index >= 15 is 0 Å². The molecule has 1 saturated heterocycles. The number of aliphatic hydroxyl groups excluding tert-OH is 1. The Hall–Kier alpha value is -0.650. The summed E-state index contributed by atoms with van der Waals surface area (Å²) in [5.74, 6) is -0.762. The van der Waals surface area contributed by atoms with Crippen LogP contribution in [0.25, 0.3) is 0 Å². The second kappa shape index (κ2) is 5.44. The van der Waals surface area contributed by atoms with Crippen molar-refractivity contribution in [3.8, 4) is 0 Å². The van der Waals surface area contributed by atoms with E-state index < -0.39 is 11.5 Å². The summed E-state index contributed by atoms with van der Waals surface area (Å²) in [6, 6.07) is 0. The van der Waals surface area contributed by atoms with E-state index in [4.69, 9.17) is 14.9 Å². The van der Waals surface area contributed by atoms with Crippen LogP contribution in [0.4, 0.5) is 0 Å². The SMILES string of the molecule is CC1(C(=O)O)CCCN1CCOCCO. The molecule has 0 amide bonds. The topological polar surface area (TPSA) is 70.0 Å². The third-order valence-electron chi connectivity index (χ3n) is 2.99. The standard InChI is InChI=1S/C10H19NO4/c1-10(9(13)14)3-2-4-11(10)5-7-15-8-6-12/h12H,2-8H2,1H3,(H,13,14). The third-order valence-corrected chi connectivity index (χ3v) is 2.99. The van der Waals surface area contributed by atoms with E-state index in [1.54, 1.807) is 6.92 Å². The zero-order valence-corrected chi connectivity index (χ0v) is 9.11. The van der Waals surface area contributed by atoms with E-state index in [1.165, 1.54) is 0 Å². The Kier molecular flexibility index (Phi) is 4.50. The zero-order chi connectivity index (χ0) is 11.3. The van der Waals surface area contributed by atoms with Crippen LogP contribution < -0.4 is 0 Å². The van der Waals surface area contributed by atoms with Crippen molar-refractivity contribution in [3.63, 3.8) is 0 Å². The van der Waals surface area contributed by atoms with Gasteiger partial charge in [-0.05, 0) is 26.3 Å². The maximum atomic E-state index is 11.1. The number of carboxylic acids is 1. The van der Waals surface area contributed by atoms with Crippen molar-refractivity contribution in [1.29, 1.82) is 0 Å². The Bertz CT molecular complexity index is 221. The molecule has 15 heavy (non-hydrogen) atoms. The minimum Gasteiger partial charge on any atom is -0.480 e. The molecule has 1 heterocycles. The summed E-state index contributed by atoms with van der Waals surface area (Å²) in [5.41, 5.74) is -0.734. The lowest BCUT2D eigenvalue weighted by atomic mass is 9.99. The fourth-order valence-corrected chi connectivity index (χ4v) is 1.96. The van der Waals surface area contributed by atoms with Crippen LogP contribution in [0.1, 0.15) is 19.8 Å². The van der Waals surface area contributed by atoms with E-state index in [0.29, 0.717) is 26.2 Å². The maximum Gasteiger partial charge on any atom is 0.323 e. The van der Waals surface area contributed by atoms with Crippen LogP contribution in [0.3, 0.4) is 0 Å². The summed E-state index contributed by atoms with van der Waals surface area (Å²) in [4.78, 5) is 13.0. The number of ether oxygens (including phenoxy) is 1. The van der Waals surface area contributed by atoms with Crippen LogP contribution in [-0.2, 0) is 9.53 Å². The number of aliphatic hydroxyl groups is 1. The van der Waals surface area contributed by atoms with Crippen LogP contribution >= 0.6 is 0 Å². The number of aliphatic carboxylic acids is 1. The van der Waals surface area contributed by atoms with Gasteiger partial charge in [0.1, 0.15) is 5.54 Å². The van der Waals surface area contributed by atoms with Crippen molar-refractivity contribution in [2.75, 3.05) is 32.9 Å². The molecule has 1 atom stereocenters. The quantitative estimate of drug-likeness (QED) is 0.610. The largest absolute Gasteiger partial charge is 0.480 e. The monoisotopic (exact) mass is 217 g/mol. The summed E-state index contributed by atoms with van der Waals surface area (Å²) < 4.78 is 5.13. The molecule has 1 rings (SSSR count). The molecule has 1 aliphatic rings. The molecule has 0 saturated carbocycles. The van der Waals surface area contributed by atoms with Gasteiger partial charge >= 0.3 is 5.97 Å². The van der Waals surface area contributed by atoms with Gasteiger partial charge in [-0.2, -0.15) is 0 Å². The molecule has 0 radical (unpaired) electrons. The smallest absolute Gasteiger partial charge is 0.323 e. The molecule has 88 valence electrons. The van der Waals surface area contributed by atoms with E-state index in [0.717, 1.165) is 13.0 Å². The van der Waals surface area contributed by atoms with Crippen molar-refractivity contribution in [2.45, 2.75) is 25.3 Å². The molecule has 1 unspecified atom stereocenters. The number of hydrogen-bond acceptors (Lipinski definition) is 4. The first-order chi connectivity index (χ1) is 7.11. The summed E-state index contributed by atoms with van der Waals surface area (Å²) in [6.07, 6.45) is 1.62. The number of hydrogen-bond donors (Lipinski definition) is 2. The molecular weight excluding hydrogens is 198 g/mol. The van der Waals surface area contributed by atoms with Crippen molar-refractivity contribution in [1.82, 2.24) is 4.90 Å². The minimum atomic E-state index is -0.762. The first-order valence-electron chi connectivity index (χ1n) is 5.28. The molecule has 2 N–H and O–H groups in total. The molecule has 1 fully saturated rings. The fraction of sp³-hybridized carbons (Fsp3) is 0.900. The van der Waals surface area contributed by atoms with E-state index in [2.05, 4.69) is 0 Å². The van der Waals surface area contributed by atoms with Gasteiger partial charge in [-0.15, -0.1) is 0 Å². The first kappa shape index (κ1) is 12.4. The highest BCUT2D eigenvalue weighted by molar-refractivity contribution is 5.78. The lowest BCUT2D eigenvalue weighted by molar-refractivity contribution is -0.149. The molecule has 0 bridgehead atoms. The number of carboxylic acid groups (broad SMARTS) is 1. The van der Waals surface area contributed by atoms with Crippen LogP contribution in [-0.4, -0.2) is 59.5 Å². The molecule has 0 aromatic rings. The predicted octanol–water partition coefficient (Wildman–Crippen LogP) is -0.0656. The van der Waals surface area contributed by atoms with Crippen molar-refractivity contribution in [3.05, 3.63) is 0 Å². The Morgan fingerprint density at radius 1 is 1.53 bits per heavy atom. The van der Waals surface area contributed by atoms with E-state index in [9.17, 15) is 4.79 Å². The van der Waals surface area contributed by atoms with Gasteiger partial charge in [-0.3, -0.25) is 9.69 Å². The van der Waals surface area contributed by atoms with E-state index in [1.807, 2.05) is 4.90 Å². The van der Waals surface area contributed by atoms with E-state index in [-0.39, 0.29) is 6.61 Å². The molecule has 0 aromatic carbocycles. The second-order valence-corrected chi connectivity index (χ2v) is 4.01. The molecule has 1 aliphatic heterocycles. The molecule has 0 aromatic heterocycles. The highest BCUT2D eigenvalue weighted by atomic mass is 16.5. The number of rotatable bonds is 6. The predicted molar refractivity (Wildman–Crippen MR) is 54.8 cm³/mol. The van der Waals surface area contributed by atoms with Crippen molar-refractivity contribution < 1.29 is 19.7 Å². The van der Waals surface area contributed by atoms with Gasteiger partial charge in [0.15, 0.2) is 0 Å². The molecule has 5 nitrogen and oxygen atoms in total. The number of likely N-dealkylation sites (tertiary alicyclic amines) is 1. The summed E-state index contributed by atoms with van der Waals surface area (Å²) in [6.45, 7) is 3.99. The Labute approximate surface area is 89.6 Å². The second-order valence-electron chi connectivity index (χ2n) is 4.01. The van der Waals surface area contributed by atoms with Gasteiger partial charge in [-0.1, -0.05) is 0 Å². The number of carbonyl (C=O) groups is 1. The average Bonchev–Trinajstić information content (AvgIpc) is 2.56. The van der Waals surface area contributed by atoms with Gasteiger partial charge in [0.25, 0.3) is 0 Å². The average molecular weight is 217 g/mol. The Balaban J connectivity index is 2.37. The van der Waals surface area contributed by atoms with Gasteiger partial charge in [0, 0.05) is 6.54 Å². The molecular formula is C10H19NO4. The lowest BCUT2D eigenvalue weighted by Gasteiger charge is -2.30. The molecule has 0 aliphatic carbocycles. The van der Waals surface area contributed by atoms with Gasteiger partial charge < -0.3 is 14.9 Å². The molecule has 5 heteroatoms. The van der Waals surface area contributed by atoms with Crippen molar-refractivity contribution >= 4 is 5.97 Å². The maximum absolute atomic E-state index is 11.1. The van der Waals surface area contributed by atoms with Crippen LogP contribution in [0.5, 0.6) is 0 Å². The normalized spacial score (nSPS) is 27.1. The van der Waals surface area contributed by atoms with Gasteiger partial charge in [-0.25, -0.2) is 0 Å². The van der Waals surface area contributed by atoms with Crippen LogP contribution in [0, 0.1) is 0 Å². The lowest BCUT2D eigenvalue weighted by Crippen LogP contribution is -2.49. The fourth-order valence-electron chi connectivity index (χ4n) is 1.96. The van der Waals surface area contributed by atoms with Crippen molar-refractivity contribution in [2.24, 2.45) is 0 Å². The summed E-state index contributed by atoms with van der Waals surface area (Å²) in [5, 5.41) is 17.6. The Morgan fingerprint density at radius 2 is 2.27 bits per heavy atom. The summed E-state index contributed by atoms with van der Waals surface area (Å²) >= 11 is 0.